The van der Waals surface area contributed by atoms with E-state index in [2.05, 4.69) is 15.9 Å². The molecule has 0 fully saturated rings. The monoisotopic (exact) mass is 314 g/mol. The fraction of sp³-hybridized carbons (Fsp3) is 0. The van der Waals surface area contributed by atoms with Gasteiger partial charge in [0.05, 0.1) is 10.8 Å². The molecule has 0 unspecified atom stereocenters. The Bertz CT molecular complexity index is 343. The number of hydrogen-bond donors (Lipinski definition) is 0. The van der Waals surface area contributed by atoms with E-state index in [9.17, 15) is 17.3 Å². The van der Waals surface area contributed by atoms with Crippen LogP contribution in [0.3, 0.4) is 0 Å². The first-order valence-electron chi connectivity index (χ1n) is 3.17. The molecule has 0 aromatic heterocycles. The maximum Gasteiger partial charge on any atom is 1.00 e. The molecule has 0 bridgehead atoms. The summed E-state index contributed by atoms with van der Waals surface area (Å²) < 4.78 is 49.0. The number of benzene rings is 1. The van der Waals surface area contributed by atoms with Crippen LogP contribution in [0.2, 0.25) is 5.02 Å². The van der Waals surface area contributed by atoms with Gasteiger partial charge in [0.25, 0.3) is 0 Å². The predicted molar refractivity (Wildman–Crippen MR) is 47.8 cm³/mol. The van der Waals surface area contributed by atoms with Gasteiger partial charge in [0.15, 0.2) is 0 Å². The fourth-order valence-corrected chi connectivity index (χ4v) is 1.59. The van der Waals surface area contributed by atoms with Crippen LogP contribution in [0, 0.1) is 5.82 Å². The Morgan fingerprint density at radius 2 is 1.71 bits per heavy atom. The predicted octanol–water partition coefficient (Wildman–Crippen LogP) is 0.300. The van der Waals surface area contributed by atoms with E-state index in [0.29, 0.717) is 6.07 Å². The molecule has 0 aliphatic rings. The first-order chi connectivity index (χ1) is 5.84. The van der Waals surface area contributed by atoms with Crippen LogP contribution in [0.15, 0.2) is 16.6 Å². The molecule has 0 saturated heterocycles. The van der Waals surface area contributed by atoms with Crippen molar-refractivity contribution in [3.63, 3.8) is 0 Å². The summed E-state index contributed by atoms with van der Waals surface area (Å²) in [5.74, 6) is -1.32. The van der Waals surface area contributed by atoms with Crippen LogP contribution < -0.4 is 56.8 Å². The van der Waals surface area contributed by atoms with Crippen molar-refractivity contribution >= 4 is 40.0 Å². The van der Waals surface area contributed by atoms with Gasteiger partial charge in [0, 0.05) is 4.47 Å². The molecule has 1 aromatic rings. The van der Waals surface area contributed by atoms with Gasteiger partial charge in [-0.25, -0.2) is 4.39 Å². The maximum atomic E-state index is 12.7. The topological polar surface area (TPSA) is 0 Å². The van der Waals surface area contributed by atoms with E-state index in [4.69, 9.17) is 11.6 Å². The third-order valence-electron chi connectivity index (χ3n) is 1.41. The van der Waals surface area contributed by atoms with Gasteiger partial charge in [-0.05, 0) is 12.1 Å². The molecule has 14 heavy (non-hydrogen) atoms. The van der Waals surface area contributed by atoms with Crippen LogP contribution in [-0.2, 0) is 0 Å². The summed E-state index contributed by atoms with van der Waals surface area (Å²) in [7, 11) is 0. The standard InChI is InChI=1S/C6H2BBrClF4.K/c8-6-3(9)1-2-4(10)5(6)7(11,12)13;/h1-2H;/q-1;+1. The average Bonchev–Trinajstić information content (AvgIpc) is 1.95. The second-order valence-electron chi connectivity index (χ2n) is 2.33. The smallest absolute Gasteiger partial charge is 0.445 e. The maximum absolute atomic E-state index is 12.7. The van der Waals surface area contributed by atoms with Crippen molar-refractivity contribution in [2.24, 2.45) is 0 Å². The molecule has 0 nitrogen and oxygen atoms in total. The quantitative estimate of drug-likeness (QED) is 0.397. The second kappa shape index (κ2) is 5.65. The van der Waals surface area contributed by atoms with Crippen LogP contribution in [0.5, 0.6) is 0 Å². The van der Waals surface area contributed by atoms with Gasteiger partial charge in [0.2, 0.25) is 0 Å². The summed E-state index contributed by atoms with van der Waals surface area (Å²) in [6.45, 7) is -5.38. The molecule has 0 amide bonds. The first kappa shape index (κ1) is 15.4. The first-order valence-corrected chi connectivity index (χ1v) is 4.34. The zero-order valence-electron chi connectivity index (χ0n) is 7.00. The third-order valence-corrected chi connectivity index (χ3v) is 2.80. The van der Waals surface area contributed by atoms with Crippen LogP contribution in [0.25, 0.3) is 0 Å². The average molecular weight is 315 g/mol. The van der Waals surface area contributed by atoms with Crippen molar-refractivity contribution in [1.29, 1.82) is 0 Å². The zero-order chi connectivity index (χ0) is 10.2. The van der Waals surface area contributed by atoms with Crippen molar-refractivity contribution in [2.75, 3.05) is 0 Å². The molecular formula is C6H2BBrClF4K. The van der Waals surface area contributed by atoms with E-state index < -0.39 is 22.7 Å². The molecule has 8 heteroatoms. The van der Waals surface area contributed by atoms with Crippen molar-refractivity contribution in [1.82, 2.24) is 0 Å². The second-order valence-corrected chi connectivity index (χ2v) is 3.53. The van der Waals surface area contributed by atoms with Gasteiger partial charge in [0.1, 0.15) is 0 Å². The molecule has 72 valence electrons. The van der Waals surface area contributed by atoms with Crippen LogP contribution in [0.1, 0.15) is 0 Å². The molecule has 0 radical (unpaired) electrons. The van der Waals surface area contributed by atoms with Gasteiger partial charge >= 0.3 is 58.4 Å². The SMILES string of the molecule is Fc1ccc(Cl)c(Br)c1[B-](F)(F)F.[K+]. The van der Waals surface area contributed by atoms with Gasteiger partial charge in [-0.3, -0.25) is 0 Å². The molecule has 0 heterocycles. The van der Waals surface area contributed by atoms with E-state index in [1.807, 2.05) is 0 Å². The summed E-state index contributed by atoms with van der Waals surface area (Å²) in [5, 5.41) is -0.157. The van der Waals surface area contributed by atoms with Gasteiger partial charge in [-0.2, -0.15) is 0 Å². The summed E-state index contributed by atoms with van der Waals surface area (Å²) in [6.07, 6.45) is 0. The Labute approximate surface area is 134 Å². The van der Waals surface area contributed by atoms with Crippen molar-refractivity contribution < 1.29 is 68.7 Å². The molecule has 0 saturated carbocycles. The minimum Gasteiger partial charge on any atom is -0.445 e. The molecule has 1 rings (SSSR count). The van der Waals surface area contributed by atoms with Crippen LogP contribution in [-0.4, -0.2) is 6.98 Å². The normalized spacial score (nSPS) is 11.0. The Balaban J connectivity index is 0.00000169. The van der Waals surface area contributed by atoms with Gasteiger partial charge < -0.3 is 12.9 Å². The van der Waals surface area contributed by atoms with E-state index in [0.717, 1.165) is 6.07 Å². The molecule has 0 spiro atoms. The summed E-state index contributed by atoms with van der Waals surface area (Å²) in [4.78, 5) is 0. The van der Waals surface area contributed by atoms with Crippen molar-refractivity contribution in [2.45, 2.75) is 0 Å². The van der Waals surface area contributed by atoms with E-state index in [-0.39, 0.29) is 56.4 Å². The van der Waals surface area contributed by atoms with Crippen molar-refractivity contribution in [3.8, 4) is 0 Å². The van der Waals surface area contributed by atoms with Gasteiger partial charge in [-0.1, -0.05) is 33.0 Å². The Morgan fingerprint density at radius 3 is 2.07 bits per heavy atom. The van der Waals surface area contributed by atoms with E-state index in [1.54, 1.807) is 0 Å². The summed E-state index contributed by atoms with van der Waals surface area (Å²) >= 11 is 7.98. The number of hydrogen-bond acceptors (Lipinski definition) is 0. The zero-order valence-corrected chi connectivity index (χ0v) is 12.5. The summed E-state index contributed by atoms with van der Waals surface area (Å²) in [5.41, 5.74) is -1.31. The molecule has 0 N–H and O–H groups in total. The largest absolute Gasteiger partial charge is 1.00 e. The van der Waals surface area contributed by atoms with Gasteiger partial charge in [-0.15, -0.1) is 0 Å². The number of halogens is 6. The molecular weight excluding hydrogens is 313 g/mol. The van der Waals surface area contributed by atoms with E-state index >= 15 is 0 Å². The molecule has 0 aliphatic heterocycles. The van der Waals surface area contributed by atoms with Crippen LogP contribution in [0.4, 0.5) is 17.3 Å². The Hall–Kier alpha value is 1.41. The fourth-order valence-electron chi connectivity index (χ4n) is 0.843. The molecule has 0 aliphatic carbocycles. The number of rotatable bonds is 1. The Morgan fingerprint density at radius 1 is 1.21 bits per heavy atom. The molecule has 1 aromatic carbocycles. The third kappa shape index (κ3) is 3.47. The Kier molecular flexibility index (Phi) is 6.22. The van der Waals surface area contributed by atoms with E-state index in [1.165, 1.54) is 0 Å². The minimum atomic E-state index is -5.38. The minimum absolute atomic E-state index is 0. The molecule has 0 atom stereocenters. The van der Waals surface area contributed by atoms with Crippen LogP contribution >= 0.6 is 27.5 Å². The van der Waals surface area contributed by atoms with Crippen molar-refractivity contribution in [3.05, 3.63) is 27.4 Å². The summed E-state index contributed by atoms with van der Waals surface area (Å²) in [6, 6.07) is 1.75.